The van der Waals surface area contributed by atoms with E-state index in [2.05, 4.69) is 5.32 Å². The Balaban J connectivity index is 1.71. The van der Waals surface area contributed by atoms with Gasteiger partial charge in [0.1, 0.15) is 22.9 Å². The van der Waals surface area contributed by atoms with E-state index in [1.54, 1.807) is 24.3 Å². The van der Waals surface area contributed by atoms with Crippen LogP contribution in [0.4, 0.5) is 10.1 Å². The van der Waals surface area contributed by atoms with Crippen molar-refractivity contribution in [2.45, 2.75) is 13.8 Å². The molecule has 2 heterocycles. The van der Waals surface area contributed by atoms with Crippen LogP contribution in [0.2, 0.25) is 0 Å². The zero-order valence-electron chi connectivity index (χ0n) is 16.2. The number of nitrogens with one attached hydrogen (secondary N) is 1. The highest BCUT2D eigenvalue weighted by Crippen LogP contribution is 2.28. The summed E-state index contributed by atoms with van der Waals surface area (Å²) in [5.74, 6) is -0.812. The van der Waals surface area contributed by atoms with Gasteiger partial charge in [-0.1, -0.05) is 24.3 Å². The van der Waals surface area contributed by atoms with Gasteiger partial charge in [0.15, 0.2) is 5.11 Å². The third-order valence-electron chi connectivity index (χ3n) is 4.73. The zero-order valence-corrected chi connectivity index (χ0v) is 17.0. The first-order valence-electron chi connectivity index (χ1n) is 9.18. The molecule has 0 spiro atoms. The molecule has 0 unspecified atom stereocenters. The van der Waals surface area contributed by atoms with Gasteiger partial charge in [-0.2, -0.15) is 0 Å². The molecular formula is C23H17FN2O3S. The number of halogens is 1. The van der Waals surface area contributed by atoms with Crippen LogP contribution in [0.3, 0.4) is 0 Å². The van der Waals surface area contributed by atoms with E-state index in [1.165, 1.54) is 23.1 Å². The maximum Gasteiger partial charge on any atom is 0.270 e. The van der Waals surface area contributed by atoms with Crippen molar-refractivity contribution in [1.29, 1.82) is 0 Å². The number of nitrogens with zero attached hydrogens (tertiary/aromatic N) is 1. The van der Waals surface area contributed by atoms with Crippen LogP contribution < -0.4 is 10.2 Å². The molecule has 0 bridgehead atoms. The number of rotatable bonds is 3. The summed E-state index contributed by atoms with van der Waals surface area (Å²) in [5, 5.41) is 2.58. The summed E-state index contributed by atoms with van der Waals surface area (Å²) in [6.07, 6.45) is 1.36. The molecule has 1 aliphatic heterocycles. The van der Waals surface area contributed by atoms with E-state index in [0.29, 0.717) is 22.8 Å². The van der Waals surface area contributed by atoms with Crippen LogP contribution in [-0.4, -0.2) is 16.9 Å². The van der Waals surface area contributed by atoms with E-state index in [0.717, 1.165) is 11.1 Å². The lowest BCUT2D eigenvalue weighted by Gasteiger charge is -2.30. The van der Waals surface area contributed by atoms with Gasteiger partial charge in [0.25, 0.3) is 11.8 Å². The molecule has 0 radical (unpaired) electrons. The molecule has 4 rings (SSSR count). The highest BCUT2D eigenvalue weighted by molar-refractivity contribution is 7.80. The van der Waals surface area contributed by atoms with Crippen molar-refractivity contribution in [3.05, 3.63) is 82.9 Å². The van der Waals surface area contributed by atoms with Gasteiger partial charge in [0.05, 0.1) is 5.69 Å². The van der Waals surface area contributed by atoms with E-state index < -0.39 is 11.8 Å². The van der Waals surface area contributed by atoms with Gasteiger partial charge in [0.2, 0.25) is 0 Å². The molecule has 3 aromatic rings. The SMILES string of the molecule is Cc1ccc(C)c(N2C(=O)/C(=C/c3ccc(-c4cccc(F)c4)o3)C(=O)NC2=S)c1. The number of carbonyl (C=O) groups excluding carboxylic acids is 2. The Labute approximate surface area is 177 Å². The van der Waals surface area contributed by atoms with Gasteiger partial charge >= 0.3 is 0 Å². The molecule has 1 N–H and O–H groups in total. The third-order valence-corrected chi connectivity index (χ3v) is 5.01. The molecule has 30 heavy (non-hydrogen) atoms. The van der Waals surface area contributed by atoms with Gasteiger partial charge in [-0.25, -0.2) is 4.39 Å². The molecular weight excluding hydrogens is 403 g/mol. The Morgan fingerprint density at radius 3 is 2.63 bits per heavy atom. The van der Waals surface area contributed by atoms with Gasteiger partial charge in [-0.15, -0.1) is 0 Å². The molecule has 0 aliphatic carbocycles. The molecule has 2 aromatic carbocycles. The Bertz CT molecular complexity index is 1230. The standard InChI is InChI=1S/C23H17FN2O3S/c1-13-6-7-14(2)19(10-13)26-22(28)18(21(27)25-23(26)30)12-17-8-9-20(29-17)15-4-3-5-16(24)11-15/h3-12H,1-2H3,(H,25,27,30)/b18-12+. The van der Waals surface area contributed by atoms with E-state index >= 15 is 0 Å². The molecule has 7 heteroatoms. The van der Waals surface area contributed by atoms with Crippen molar-refractivity contribution < 1.29 is 18.4 Å². The molecule has 2 amide bonds. The van der Waals surface area contributed by atoms with Crippen LogP contribution in [0.15, 0.2) is 64.6 Å². The predicted molar refractivity (Wildman–Crippen MR) is 116 cm³/mol. The van der Waals surface area contributed by atoms with Crippen LogP contribution in [0.25, 0.3) is 17.4 Å². The van der Waals surface area contributed by atoms with Crippen molar-refractivity contribution >= 4 is 40.9 Å². The quantitative estimate of drug-likeness (QED) is 0.384. The average molecular weight is 420 g/mol. The fourth-order valence-corrected chi connectivity index (χ4v) is 3.48. The maximum absolute atomic E-state index is 13.5. The van der Waals surface area contributed by atoms with Gasteiger partial charge < -0.3 is 4.42 Å². The van der Waals surface area contributed by atoms with Crippen LogP contribution in [0, 0.1) is 19.7 Å². The normalized spacial score (nSPS) is 15.6. The minimum absolute atomic E-state index is 0.0238. The fourth-order valence-electron chi connectivity index (χ4n) is 3.21. The Kier molecular flexibility index (Phi) is 5.05. The Hall–Kier alpha value is -3.58. The zero-order chi connectivity index (χ0) is 21.4. The third kappa shape index (κ3) is 3.67. The second-order valence-electron chi connectivity index (χ2n) is 6.96. The number of amides is 2. The second kappa shape index (κ2) is 7.68. The Morgan fingerprint density at radius 2 is 1.87 bits per heavy atom. The number of hydrogen-bond donors (Lipinski definition) is 1. The summed E-state index contributed by atoms with van der Waals surface area (Å²) in [7, 11) is 0. The van der Waals surface area contributed by atoms with E-state index in [-0.39, 0.29) is 16.5 Å². The average Bonchev–Trinajstić information content (AvgIpc) is 3.16. The first-order chi connectivity index (χ1) is 14.3. The van der Waals surface area contributed by atoms with Crippen molar-refractivity contribution in [3.8, 4) is 11.3 Å². The number of benzene rings is 2. The summed E-state index contributed by atoms with van der Waals surface area (Å²) in [6, 6.07) is 14.9. The smallest absolute Gasteiger partial charge is 0.270 e. The molecule has 1 saturated heterocycles. The van der Waals surface area contributed by atoms with E-state index in [1.807, 2.05) is 32.0 Å². The fraction of sp³-hybridized carbons (Fsp3) is 0.0870. The topological polar surface area (TPSA) is 62.6 Å². The van der Waals surface area contributed by atoms with Crippen LogP contribution >= 0.6 is 12.2 Å². The van der Waals surface area contributed by atoms with Crippen molar-refractivity contribution in [2.75, 3.05) is 4.90 Å². The lowest BCUT2D eigenvalue weighted by molar-refractivity contribution is -0.122. The summed E-state index contributed by atoms with van der Waals surface area (Å²) >= 11 is 5.25. The lowest BCUT2D eigenvalue weighted by Crippen LogP contribution is -2.54. The molecule has 1 fully saturated rings. The highest BCUT2D eigenvalue weighted by atomic mass is 32.1. The number of anilines is 1. The van der Waals surface area contributed by atoms with Crippen molar-refractivity contribution in [1.82, 2.24) is 5.32 Å². The number of hydrogen-bond acceptors (Lipinski definition) is 4. The monoisotopic (exact) mass is 420 g/mol. The Morgan fingerprint density at radius 1 is 1.07 bits per heavy atom. The van der Waals surface area contributed by atoms with Gasteiger partial charge in [-0.3, -0.25) is 19.8 Å². The predicted octanol–water partition coefficient (Wildman–Crippen LogP) is 4.53. The summed E-state index contributed by atoms with van der Waals surface area (Å²) in [4.78, 5) is 26.9. The highest BCUT2D eigenvalue weighted by Gasteiger charge is 2.35. The minimum atomic E-state index is -0.602. The first kappa shape index (κ1) is 19.7. The molecule has 0 saturated carbocycles. The second-order valence-corrected chi connectivity index (χ2v) is 7.35. The molecule has 5 nitrogen and oxygen atoms in total. The largest absolute Gasteiger partial charge is 0.457 e. The van der Waals surface area contributed by atoms with E-state index in [4.69, 9.17) is 16.6 Å². The first-order valence-corrected chi connectivity index (χ1v) is 9.59. The van der Waals surface area contributed by atoms with E-state index in [9.17, 15) is 14.0 Å². The lowest BCUT2D eigenvalue weighted by atomic mass is 10.1. The van der Waals surface area contributed by atoms with Crippen LogP contribution in [-0.2, 0) is 9.59 Å². The number of carbonyl (C=O) groups is 2. The minimum Gasteiger partial charge on any atom is -0.457 e. The van der Waals surface area contributed by atoms with Crippen molar-refractivity contribution in [3.63, 3.8) is 0 Å². The van der Waals surface area contributed by atoms with Crippen molar-refractivity contribution in [2.24, 2.45) is 0 Å². The summed E-state index contributed by atoms with van der Waals surface area (Å²) in [5.41, 5.74) is 2.86. The molecule has 1 aromatic heterocycles. The number of aryl methyl sites for hydroxylation is 2. The van der Waals surface area contributed by atoms with Crippen LogP contribution in [0.1, 0.15) is 16.9 Å². The molecule has 0 atom stereocenters. The molecule has 1 aliphatic rings. The molecule has 150 valence electrons. The van der Waals surface area contributed by atoms with Gasteiger partial charge in [0, 0.05) is 5.56 Å². The maximum atomic E-state index is 13.5. The summed E-state index contributed by atoms with van der Waals surface area (Å²) in [6.45, 7) is 3.77. The number of thiocarbonyl (C=S) groups is 1. The van der Waals surface area contributed by atoms with Crippen LogP contribution in [0.5, 0.6) is 0 Å². The van der Waals surface area contributed by atoms with Gasteiger partial charge in [-0.05, 0) is 73.6 Å². The number of furan rings is 1. The summed E-state index contributed by atoms with van der Waals surface area (Å²) < 4.78 is 19.2.